The number of methoxy groups -OCH3 is 2. The Kier molecular flexibility index (Phi) is 5.93. The zero-order valence-corrected chi connectivity index (χ0v) is 15.5. The number of aliphatic hydroxyl groups excluding tert-OH is 1. The number of anilines is 3. The molecule has 0 saturated heterocycles. The summed E-state index contributed by atoms with van der Waals surface area (Å²) in [6.07, 6.45) is 2.27. The van der Waals surface area contributed by atoms with Gasteiger partial charge in [0.15, 0.2) is 11.6 Å². The highest BCUT2D eigenvalue weighted by Crippen LogP contribution is 2.36. The maximum atomic E-state index is 9.09. The van der Waals surface area contributed by atoms with Crippen molar-refractivity contribution in [2.75, 3.05) is 31.9 Å². The lowest BCUT2D eigenvalue weighted by molar-refractivity contribution is 0.284. The molecule has 4 N–H and O–H groups in total. The fourth-order valence-corrected chi connectivity index (χ4v) is 2.94. The molecule has 1 heterocycles. The van der Waals surface area contributed by atoms with Gasteiger partial charge in [-0.2, -0.15) is 0 Å². The van der Waals surface area contributed by atoms with Gasteiger partial charge in [-0.3, -0.25) is 0 Å². The van der Waals surface area contributed by atoms with Crippen molar-refractivity contribution in [3.05, 3.63) is 42.0 Å². The van der Waals surface area contributed by atoms with E-state index in [2.05, 4.69) is 15.3 Å². The molecule has 0 radical (unpaired) electrons. The van der Waals surface area contributed by atoms with Crippen LogP contribution in [0.4, 0.5) is 17.3 Å². The monoisotopic (exact) mass is 368 g/mol. The molecular weight excluding hydrogens is 344 g/mol. The first-order valence-electron chi connectivity index (χ1n) is 8.81. The smallest absolute Gasteiger partial charge is 0.174 e. The molecule has 142 valence electrons. The maximum absolute atomic E-state index is 9.09. The highest BCUT2D eigenvalue weighted by molar-refractivity contribution is 5.81. The van der Waals surface area contributed by atoms with Crippen LogP contribution in [-0.4, -0.2) is 35.9 Å². The van der Waals surface area contributed by atoms with Gasteiger partial charge in [0.05, 0.1) is 30.9 Å². The largest absolute Gasteiger partial charge is 0.497 e. The van der Waals surface area contributed by atoms with E-state index in [9.17, 15) is 0 Å². The molecule has 2 aromatic carbocycles. The number of aliphatic hydroxyl groups is 1. The van der Waals surface area contributed by atoms with Crippen molar-refractivity contribution in [3.63, 3.8) is 0 Å². The Labute approximate surface area is 158 Å². The molecule has 0 fully saturated rings. The van der Waals surface area contributed by atoms with Gasteiger partial charge in [-0.25, -0.2) is 9.97 Å². The summed E-state index contributed by atoms with van der Waals surface area (Å²) >= 11 is 0. The molecule has 0 unspecified atom stereocenters. The number of para-hydroxylation sites is 2. The topological polar surface area (TPSA) is 103 Å². The highest BCUT2D eigenvalue weighted by atomic mass is 16.5. The standard InChI is InChI=1S/C20H24N4O3/c1-26-13-11-17(14(7-5-6-10-25)18(12-13)27-2)24-20-19(21)22-15-8-3-4-9-16(15)23-20/h3-4,8-9,11-12,25H,5-7,10H2,1-2H3,(H2,21,22)(H,23,24). The van der Waals surface area contributed by atoms with Crippen LogP contribution in [0.15, 0.2) is 36.4 Å². The predicted octanol–water partition coefficient (Wildman–Crippen LogP) is 3.29. The molecule has 0 amide bonds. The minimum Gasteiger partial charge on any atom is -0.497 e. The first kappa shape index (κ1) is 18.7. The summed E-state index contributed by atoms with van der Waals surface area (Å²) in [5, 5.41) is 12.4. The van der Waals surface area contributed by atoms with Crippen molar-refractivity contribution in [2.24, 2.45) is 0 Å². The fourth-order valence-electron chi connectivity index (χ4n) is 2.94. The van der Waals surface area contributed by atoms with Crippen LogP contribution in [-0.2, 0) is 6.42 Å². The van der Waals surface area contributed by atoms with E-state index in [4.69, 9.17) is 20.3 Å². The summed E-state index contributed by atoms with van der Waals surface area (Å²) in [6, 6.07) is 11.3. The van der Waals surface area contributed by atoms with Crippen LogP contribution < -0.4 is 20.5 Å². The van der Waals surface area contributed by atoms with Gasteiger partial charge >= 0.3 is 0 Å². The molecule has 3 aromatic rings. The molecule has 3 rings (SSSR count). The second kappa shape index (κ2) is 8.55. The molecule has 7 nitrogen and oxygen atoms in total. The minimum absolute atomic E-state index is 0.157. The van der Waals surface area contributed by atoms with Gasteiger partial charge in [0.2, 0.25) is 0 Å². The number of nitrogens with one attached hydrogen (secondary N) is 1. The number of aromatic nitrogens is 2. The second-order valence-electron chi connectivity index (χ2n) is 6.11. The average molecular weight is 368 g/mol. The van der Waals surface area contributed by atoms with Crippen molar-refractivity contribution < 1.29 is 14.6 Å². The second-order valence-corrected chi connectivity index (χ2v) is 6.11. The van der Waals surface area contributed by atoms with Crippen molar-refractivity contribution >= 4 is 28.4 Å². The van der Waals surface area contributed by atoms with Crippen LogP contribution in [0, 0.1) is 0 Å². The lowest BCUT2D eigenvalue weighted by Crippen LogP contribution is -2.06. The first-order chi connectivity index (χ1) is 13.2. The van der Waals surface area contributed by atoms with E-state index in [1.54, 1.807) is 14.2 Å². The number of hydrogen-bond donors (Lipinski definition) is 3. The first-order valence-corrected chi connectivity index (χ1v) is 8.81. The van der Waals surface area contributed by atoms with Crippen LogP contribution in [0.25, 0.3) is 11.0 Å². The van der Waals surface area contributed by atoms with Crippen molar-refractivity contribution in [2.45, 2.75) is 19.3 Å². The maximum Gasteiger partial charge on any atom is 0.174 e. The Balaban J connectivity index is 2.02. The molecule has 0 bridgehead atoms. The number of fused-ring (bicyclic) bond motifs is 1. The van der Waals surface area contributed by atoms with Gasteiger partial charge in [-0.05, 0) is 31.4 Å². The van der Waals surface area contributed by atoms with Crippen LogP contribution in [0.3, 0.4) is 0 Å². The number of unbranched alkanes of at least 4 members (excludes halogenated alkanes) is 1. The number of ether oxygens (including phenoxy) is 2. The Morgan fingerprint density at radius 1 is 1.04 bits per heavy atom. The lowest BCUT2D eigenvalue weighted by Gasteiger charge is -2.18. The number of hydrogen-bond acceptors (Lipinski definition) is 7. The van der Waals surface area contributed by atoms with E-state index in [-0.39, 0.29) is 6.61 Å². The Hall–Kier alpha value is -3.06. The van der Waals surface area contributed by atoms with E-state index in [0.29, 0.717) is 29.6 Å². The van der Waals surface area contributed by atoms with Gasteiger partial charge in [0, 0.05) is 24.3 Å². The Morgan fingerprint density at radius 3 is 2.44 bits per heavy atom. The zero-order chi connectivity index (χ0) is 19.2. The highest BCUT2D eigenvalue weighted by Gasteiger charge is 2.15. The fraction of sp³-hybridized carbons (Fsp3) is 0.300. The normalized spacial score (nSPS) is 10.8. The molecule has 0 saturated carbocycles. The molecule has 0 aliphatic carbocycles. The van der Waals surface area contributed by atoms with Crippen molar-refractivity contribution in [1.29, 1.82) is 0 Å². The molecule has 7 heteroatoms. The van der Waals surface area contributed by atoms with E-state index in [0.717, 1.165) is 35.1 Å². The molecule has 1 aromatic heterocycles. The van der Waals surface area contributed by atoms with E-state index in [1.165, 1.54) is 0 Å². The molecular formula is C20H24N4O3. The lowest BCUT2D eigenvalue weighted by atomic mass is 10.0. The van der Waals surface area contributed by atoms with Crippen molar-refractivity contribution in [1.82, 2.24) is 9.97 Å². The Morgan fingerprint density at radius 2 is 1.78 bits per heavy atom. The van der Waals surface area contributed by atoms with Gasteiger partial charge in [-0.1, -0.05) is 12.1 Å². The third-order valence-corrected chi connectivity index (χ3v) is 4.32. The zero-order valence-electron chi connectivity index (χ0n) is 15.5. The predicted molar refractivity (Wildman–Crippen MR) is 107 cm³/mol. The van der Waals surface area contributed by atoms with Crippen LogP contribution in [0.1, 0.15) is 18.4 Å². The van der Waals surface area contributed by atoms with Crippen molar-refractivity contribution in [3.8, 4) is 11.5 Å². The Bertz CT molecular complexity index is 930. The summed E-state index contributed by atoms with van der Waals surface area (Å²) in [5.41, 5.74) is 9.38. The third kappa shape index (κ3) is 4.20. The number of nitrogen functional groups attached to an aromatic ring is 1. The van der Waals surface area contributed by atoms with E-state index >= 15 is 0 Å². The molecule has 0 aliphatic rings. The quantitative estimate of drug-likeness (QED) is 0.524. The summed E-state index contributed by atoms with van der Waals surface area (Å²) in [4.78, 5) is 9.02. The minimum atomic E-state index is 0.157. The van der Waals surface area contributed by atoms with E-state index in [1.807, 2.05) is 36.4 Å². The number of benzene rings is 2. The summed E-state index contributed by atoms with van der Waals surface area (Å²) in [6.45, 7) is 0.157. The van der Waals surface area contributed by atoms with Crippen LogP contribution in [0.5, 0.6) is 11.5 Å². The van der Waals surface area contributed by atoms with Crippen LogP contribution in [0.2, 0.25) is 0 Å². The summed E-state index contributed by atoms with van der Waals surface area (Å²) in [7, 11) is 3.23. The third-order valence-electron chi connectivity index (χ3n) is 4.32. The molecule has 0 spiro atoms. The molecule has 27 heavy (non-hydrogen) atoms. The van der Waals surface area contributed by atoms with Gasteiger partial charge in [0.1, 0.15) is 11.5 Å². The average Bonchev–Trinajstić information content (AvgIpc) is 2.69. The van der Waals surface area contributed by atoms with Gasteiger partial charge in [-0.15, -0.1) is 0 Å². The number of rotatable bonds is 8. The molecule has 0 aliphatic heterocycles. The molecule has 0 atom stereocenters. The SMILES string of the molecule is COc1cc(Nc2nc3ccccc3nc2N)c(CCCCO)c(OC)c1. The van der Waals surface area contributed by atoms with E-state index < -0.39 is 0 Å². The number of nitrogens with two attached hydrogens (primary N) is 1. The summed E-state index contributed by atoms with van der Waals surface area (Å²) in [5.74, 6) is 2.17. The number of nitrogens with zero attached hydrogens (tertiary/aromatic N) is 2. The van der Waals surface area contributed by atoms with Gasteiger partial charge < -0.3 is 25.6 Å². The van der Waals surface area contributed by atoms with Gasteiger partial charge in [0.25, 0.3) is 0 Å². The van der Waals surface area contributed by atoms with Crippen LogP contribution >= 0.6 is 0 Å². The summed E-state index contributed by atoms with van der Waals surface area (Å²) < 4.78 is 10.9.